The lowest BCUT2D eigenvalue weighted by Crippen LogP contribution is -2.01. The number of hydrogen-bond acceptors (Lipinski definition) is 3. The van der Waals surface area contributed by atoms with Crippen molar-refractivity contribution in [1.29, 1.82) is 0 Å². The molecular weight excluding hydrogens is 244 g/mol. The van der Waals surface area contributed by atoms with Gasteiger partial charge in [-0.3, -0.25) is 4.79 Å². The fourth-order valence-electron chi connectivity index (χ4n) is 1.49. The highest BCUT2D eigenvalue weighted by molar-refractivity contribution is 5.67. The number of aryl methyl sites for hydroxylation is 1. The van der Waals surface area contributed by atoms with Crippen molar-refractivity contribution in [2.45, 2.75) is 12.8 Å². The molecule has 1 rings (SSSR count). The van der Waals surface area contributed by atoms with E-state index in [0.29, 0.717) is 31.1 Å². The number of benzene rings is 1. The van der Waals surface area contributed by atoms with Crippen LogP contribution in [0.1, 0.15) is 12.0 Å². The van der Waals surface area contributed by atoms with Gasteiger partial charge in [0.15, 0.2) is 11.5 Å². The van der Waals surface area contributed by atoms with Gasteiger partial charge in [-0.2, -0.15) is 0 Å². The molecule has 4 nitrogen and oxygen atoms in total. The zero-order valence-electron chi connectivity index (χ0n) is 10.8. The van der Waals surface area contributed by atoms with Crippen LogP contribution in [0.2, 0.25) is 0 Å². The van der Waals surface area contributed by atoms with Crippen molar-refractivity contribution in [1.82, 2.24) is 0 Å². The summed E-state index contributed by atoms with van der Waals surface area (Å²) in [7, 11) is 0. The van der Waals surface area contributed by atoms with E-state index in [-0.39, 0.29) is 6.42 Å². The molecule has 0 bridgehead atoms. The third-order valence-corrected chi connectivity index (χ3v) is 2.35. The topological polar surface area (TPSA) is 55.8 Å². The molecule has 0 amide bonds. The van der Waals surface area contributed by atoms with Crippen molar-refractivity contribution < 1.29 is 19.4 Å². The molecule has 4 heteroatoms. The second kappa shape index (κ2) is 7.97. The maximum atomic E-state index is 10.6. The molecule has 1 aromatic rings. The molecule has 0 spiro atoms. The first-order chi connectivity index (χ1) is 9.17. The van der Waals surface area contributed by atoms with Crippen LogP contribution in [0.3, 0.4) is 0 Å². The zero-order valence-corrected chi connectivity index (χ0v) is 10.8. The number of hydrogen-bond donors (Lipinski definition) is 1. The van der Waals surface area contributed by atoms with Crippen molar-refractivity contribution in [2.75, 3.05) is 13.2 Å². The molecule has 0 aliphatic heterocycles. The third kappa shape index (κ3) is 5.29. The van der Waals surface area contributed by atoms with Crippen molar-refractivity contribution >= 4 is 5.97 Å². The Labute approximate surface area is 113 Å². The second-order valence-corrected chi connectivity index (χ2v) is 3.87. The van der Waals surface area contributed by atoms with Gasteiger partial charge in [-0.25, -0.2) is 0 Å². The Morgan fingerprint density at radius 2 is 1.79 bits per heavy atom. The first-order valence-electron chi connectivity index (χ1n) is 5.99. The predicted molar refractivity (Wildman–Crippen MR) is 73.8 cm³/mol. The summed E-state index contributed by atoms with van der Waals surface area (Å²) in [6, 6.07) is 5.41. The van der Waals surface area contributed by atoms with E-state index in [9.17, 15) is 4.79 Å². The molecule has 0 fully saturated rings. The Hall–Kier alpha value is -2.23. The summed E-state index contributed by atoms with van der Waals surface area (Å²) < 4.78 is 11.0. The van der Waals surface area contributed by atoms with Crippen LogP contribution >= 0.6 is 0 Å². The van der Waals surface area contributed by atoms with Gasteiger partial charge in [0.2, 0.25) is 0 Å². The zero-order chi connectivity index (χ0) is 14.1. The fourth-order valence-corrected chi connectivity index (χ4v) is 1.49. The predicted octanol–water partition coefficient (Wildman–Crippen LogP) is 2.83. The van der Waals surface area contributed by atoms with Gasteiger partial charge in [0.25, 0.3) is 0 Å². The van der Waals surface area contributed by atoms with E-state index in [1.54, 1.807) is 24.3 Å². The summed E-state index contributed by atoms with van der Waals surface area (Å²) >= 11 is 0. The smallest absolute Gasteiger partial charge is 0.303 e. The lowest BCUT2D eigenvalue weighted by molar-refractivity contribution is -0.136. The summed E-state index contributed by atoms with van der Waals surface area (Å²) in [6.45, 7) is 7.93. The number of ether oxygens (including phenoxy) is 2. The van der Waals surface area contributed by atoms with E-state index in [2.05, 4.69) is 13.2 Å². The molecule has 1 N–H and O–H groups in total. The van der Waals surface area contributed by atoms with E-state index < -0.39 is 5.97 Å². The molecule has 0 atom stereocenters. The van der Waals surface area contributed by atoms with Gasteiger partial charge in [0.05, 0.1) is 0 Å². The van der Waals surface area contributed by atoms with E-state index in [0.717, 1.165) is 5.56 Å². The van der Waals surface area contributed by atoms with Crippen LogP contribution in [-0.4, -0.2) is 24.3 Å². The average Bonchev–Trinajstić information content (AvgIpc) is 2.41. The standard InChI is InChI=1S/C15H18O4/c1-3-9-18-13-7-5-12(6-8-15(16)17)11-14(13)19-10-4-2/h3-5,7,11H,1-2,6,8-10H2,(H,16,17). The second-order valence-electron chi connectivity index (χ2n) is 3.87. The normalized spacial score (nSPS) is 9.68. The number of rotatable bonds is 9. The molecule has 0 radical (unpaired) electrons. The van der Waals surface area contributed by atoms with Gasteiger partial charge in [-0.15, -0.1) is 0 Å². The highest BCUT2D eigenvalue weighted by Gasteiger charge is 2.07. The molecule has 0 unspecified atom stereocenters. The van der Waals surface area contributed by atoms with E-state index in [1.807, 2.05) is 6.07 Å². The largest absolute Gasteiger partial charge is 0.486 e. The molecule has 102 valence electrons. The van der Waals surface area contributed by atoms with Gasteiger partial charge in [-0.1, -0.05) is 31.4 Å². The van der Waals surface area contributed by atoms with Crippen LogP contribution in [0, 0.1) is 0 Å². The highest BCUT2D eigenvalue weighted by Crippen LogP contribution is 2.29. The Morgan fingerprint density at radius 3 is 2.37 bits per heavy atom. The van der Waals surface area contributed by atoms with E-state index in [4.69, 9.17) is 14.6 Å². The van der Waals surface area contributed by atoms with E-state index >= 15 is 0 Å². The van der Waals surface area contributed by atoms with Gasteiger partial charge in [0.1, 0.15) is 13.2 Å². The summed E-state index contributed by atoms with van der Waals surface area (Å²) in [5.74, 6) is 0.381. The molecule has 0 aromatic heterocycles. The number of aliphatic carboxylic acids is 1. The quantitative estimate of drug-likeness (QED) is 0.695. The minimum absolute atomic E-state index is 0.0910. The minimum Gasteiger partial charge on any atom is -0.486 e. The monoisotopic (exact) mass is 262 g/mol. The lowest BCUT2D eigenvalue weighted by atomic mass is 10.1. The molecule has 0 saturated carbocycles. The third-order valence-electron chi connectivity index (χ3n) is 2.35. The van der Waals surface area contributed by atoms with Gasteiger partial charge < -0.3 is 14.6 Å². The van der Waals surface area contributed by atoms with Gasteiger partial charge >= 0.3 is 5.97 Å². The Morgan fingerprint density at radius 1 is 1.16 bits per heavy atom. The van der Waals surface area contributed by atoms with Crippen molar-refractivity contribution in [2.24, 2.45) is 0 Å². The average molecular weight is 262 g/mol. The Kier molecular flexibility index (Phi) is 6.22. The molecule has 0 aliphatic rings. The molecule has 0 heterocycles. The van der Waals surface area contributed by atoms with Crippen LogP contribution in [0.5, 0.6) is 11.5 Å². The van der Waals surface area contributed by atoms with E-state index in [1.165, 1.54) is 0 Å². The number of carboxylic acids is 1. The summed E-state index contributed by atoms with van der Waals surface area (Å²) in [5.41, 5.74) is 0.896. The van der Waals surface area contributed by atoms with Crippen molar-refractivity contribution in [3.63, 3.8) is 0 Å². The van der Waals surface area contributed by atoms with Gasteiger partial charge in [-0.05, 0) is 24.1 Å². The van der Waals surface area contributed by atoms with Crippen LogP contribution in [0.15, 0.2) is 43.5 Å². The summed E-state index contributed by atoms with van der Waals surface area (Å²) in [4.78, 5) is 10.6. The van der Waals surface area contributed by atoms with Crippen LogP contribution < -0.4 is 9.47 Å². The Balaban J connectivity index is 2.83. The van der Waals surface area contributed by atoms with Crippen LogP contribution in [0.25, 0.3) is 0 Å². The first kappa shape index (κ1) is 14.8. The highest BCUT2D eigenvalue weighted by atomic mass is 16.5. The summed E-state index contributed by atoms with van der Waals surface area (Å²) in [5, 5.41) is 8.68. The minimum atomic E-state index is -0.819. The summed E-state index contributed by atoms with van der Waals surface area (Å²) in [6.07, 6.45) is 3.84. The maximum Gasteiger partial charge on any atom is 0.303 e. The van der Waals surface area contributed by atoms with Crippen LogP contribution in [0.4, 0.5) is 0 Å². The molecule has 1 aromatic carbocycles. The maximum absolute atomic E-state index is 10.6. The van der Waals surface area contributed by atoms with Gasteiger partial charge in [0, 0.05) is 6.42 Å². The number of carboxylic acid groups (broad SMARTS) is 1. The van der Waals surface area contributed by atoms with Crippen molar-refractivity contribution in [3.05, 3.63) is 49.1 Å². The molecular formula is C15H18O4. The first-order valence-corrected chi connectivity index (χ1v) is 5.99. The van der Waals surface area contributed by atoms with Crippen LogP contribution in [-0.2, 0) is 11.2 Å². The molecule has 19 heavy (non-hydrogen) atoms. The molecule has 0 aliphatic carbocycles. The fraction of sp³-hybridized carbons (Fsp3) is 0.267. The SMILES string of the molecule is C=CCOc1ccc(CCC(=O)O)cc1OCC=C. The number of carbonyl (C=O) groups is 1. The molecule has 0 saturated heterocycles. The lowest BCUT2D eigenvalue weighted by Gasteiger charge is -2.12. The Bertz CT molecular complexity index is 451. The van der Waals surface area contributed by atoms with Crippen molar-refractivity contribution in [3.8, 4) is 11.5 Å².